The van der Waals surface area contributed by atoms with Crippen LogP contribution in [0.25, 0.3) is 10.2 Å². The first-order valence-electron chi connectivity index (χ1n) is 6.03. The highest BCUT2D eigenvalue weighted by Gasteiger charge is 2.14. The van der Waals surface area contributed by atoms with Gasteiger partial charge in [0.15, 0.2) is 0 Å². The third-order valence-electron chi connectivity index (χ3n) is 3.14. The zero-order chi connectivity index (χ0) is 12.6. The van der Waals surface area contributed by atoms with E-state index >= 15 is 0 Å². The second kappa shape index (κ2) is 4.61. The molecule has 2 aromatic heterocycles. The first kappa shape index (κ1) is 12.3. The van der Waals surface area contributed by atoms with Gasteiger partial charge in [0.1, 0.15) is 16.5 Å². The van der Waals surface area contributed by atoms with E-state index in [-0.39, 0.29) is 0 Å². The lowest BCUT2D eigenvalue weighted by molar-refractivity contribution is 0.759. The van der Waals surface area contributed by atoms with Crippen LogP contribution in [0.4, 0.5) is 5.82 Å². The van der Waals surface area contributed by atoms with E-state index in [4.69, 9.17) is 0 Å². The number of nitrogens with zero attached hydrogens (tertiary/aromatic N) is 2. The van der Waals surface area contributed by atoms with Crippen molar-refractivity contribution in [1.29, 1.82) is 0 Å². The minimum absolute atomic E-state index is 0.437. The number of aryl methyl sites for hydroxylation is 3. The molecule has 0 aliphatic carbocycles. The Morgan fingerprint density at radius 1 is 1.24 bits per heavy atom. The fourth-order valence-electron chi connectivity index (χ4n) is 1.80. The summed E-state index contributed by atoms with van der Waals surface area (Å²) >= 11 is 1.75. The maximum Gasteiger partial charge on any atom is 0.138 e. The monoisotopic (exact) mass is 249 g/mol. The first-order chi connectivity index (χ1) is 8.02. The Morgan fingerprint density at radius 2 is 1.94 bits per heavy atom. The lowest BCUT2D eigenvalue weighted by Gasteiger charge is -2.13. The van der Waals surface area contributed by atoms with E-state index in [2.05, 4.69) is 43.0 Å². The van der Waals surface area contributed by atoms with Crippen LogP contribution in [0.3, 0.4) is 0 Å². The summed E-state index contributed by atoms with van der Waals surface area (Å²) in [5, 5.41) is 4.68. The van der Waals surface area contributed by atoms with Gasteiger partial charge in [0.05, 0.1) is 5.39 Å². The largest absolute Gasteiger partial charge is 0.367 e. The summed E-state index contributed by atoms with van der Waals surface area (Å²) in [4.78, 5) is 11.5. The Balaban J connectivity index is 2.59. The van der Waals surface area contributed by atoms with Crippen molar-refractivity contribution >= 4 is 27.4 Å². The summed E-state index contributed by atoms with van der Waals surface area (Å²) < 4.78 is 0. The Kier molecular flexibility index (Phi) is 3.33. The average molecular weight is 249 g/mol. The molecule has 1 N–H and O–H groups in total. The average Bonchev–Trinajstić information content (AvgIpc) is 2.54. The molecule has 4 heteroatoms. The Morgan fingerprint density at radius 3 is 2.59 bits per heavy atom. The molecule has 2 rings (SSSR count). The number of anilines is 1. The minimum atomic E-state index is 0.437. The molecule has 0 bridgehead atoms. The molecule has 0 saturated carbocycles. The van der Waals surface area contributed by atoms with E-state index in [1.54, 1.807) is 11.3 Å². The van der Waals surface area contributed by atoms with Crippen LogP contribution < -0.4 is 5.32 Å². The number of rotatable bonds is 3. The summed E-state index contributed by atoms with van der Waals surface area (Å²) in [5.74, 6) is 1.83. The Hall–Kier alpha value is -1.16. The van der Waals surface area contributed by atoms with Crippen molar-refractivity contribution in [1.82, 2.24) is 9.97 Å². The zero-order valence-corrected chi connectivity index (χ0v) is 11.9. The zero-order valence-electron chi connectivity index (χ0n) is 11.1. The van der Waals surface area contributed by atoms with Crippen LogP contribution in [0.1, 0.15) is 36.5 Å². The van der Waals surface area contributed by atoms with E-state index in [0.717, 1.165) is 22.9 Å². The van der Waals surface area contributed by atoms with Crippen LogP contribution in [0.15, 0.2) is 0 Å². The summed E-state index contributed by atoms with van der Waals surface area (Å²) in [5.41, 5.74) is 1.30. The lowest BCUT2D eigenvalue weighted by Crippen LogP contribution is -2.15. The third kappa shape index (κ3) is 2.27. The molecule has 17 heavy (non-hydrogen) atoms. The van der Waals surface area contributed by atoms with Crippen LogP contribution in [-0.2, 0) is 0 Å². The molecule has 0 aliphatic heterocycles. The third-order valence-corrected chi connectivity index (χ3v) is 4.24. The summed E-state index contributed by atoms with van der Waals surface area (Å²) in [6.45, 7) is 10.6. The van der Waals surface area contributed by atoms with Gasteiger partial charge in [-0.25, -0.2) is 9.97 Å². The molecular formula is C13H19N3S. The van der Waals surface area contributed by atoms with Crippen molar-refractivity contribution in [3.05, 3.63) is 16.3 Å². The maximum atomic E-state index is 4.55. The smallest absolute Gasteiger partial charge is 0.138 e. The van der Waals surface area contributed by atoms with Crippen LogP contribution in [0.5, 0.6) is 0 Å². The van der Waals surface area contributed by atoms with Gasteiger partial charge < -0.3 is 5.32 Å². The van der Waals surface area contributed by atoms with Crippen LogP contribution >= 0.6 is 11.3 Å². The molecular weight excluding hydrogens is 230 g/mol. The number of nitrogens with one attached hydrogen (secondary N) is 1. The van der Waals surface area contributed by atoms with Gasteiger partial charge in [0, 0.05) is 10.9 Å². The van der Waals surface area contributed by atoms with Gasteiger partial charge >= 0.3 is 0 Å². The fourth-order valence-corrected chi connectivity index (χ4v) is 2.87. The van der Waals surface area contributed by atoms with Gasteiger partial charge in [-0.2, -0.15) is 0 Å². The standard InChI is InChI=1S/C13H19N3S/c1-6-7(2)14-12-11-8(3)9(4)17-13(11)16-10(5)15-12/h7H,6H2,1-5H3,(H,14,15,16). The number of hydrogen-bond donors (Lipinski definition) is 1. The van der Waals surface area contributed by atoms with Gasteiger partial charge in [0.25, 0.3) is 0 Å². The van der Waals surface area contributed by atoms with E-state index in [1.165, 1.54) is 15.8 Å². The van der Waals surface area contributed by atoms with Crippen molar-refractivity contribution in [2.24, 2.45) is 0 Å². The highest BCUT2D eigenvalue weighted by Crippen LogP contribution is 2.33. The molecule has 3 nitrogen and oxygen atoms in total. The molecule has 0 fully saturated rings. The van der Waals surface area contributed by atoms with Gasteiger partial charge in [-0.15, -0.1) is 11.3 Å². The van der Waals surface area contributed by atoms with Gasteiger partial charge in [-0.3, -0.25) is 0 Å². The highest BCUT2D eigenvalue weighted by atomic mass is 32.1. The Labute approximate surface area is 106 Å². The highest BCUT2D eigenvalue weighted by molar-refractivity contribution is 7.18. The predicted molar refractivity (Wildman–Crippen MR) is 75.0 cm³/mol. The van der Waals surface area contributed by atoms with Crippen molar-refractivity contribution in [2.75, 3.05) is 5.32 Å². The maximum absolute atomic E-state index is 4.55. The SMILES string of the molecule is CCC(C)Nc1nc(C)nc2sc(C)c(C)c12. The molecule has 1 unspecified atom stereocenters. The van der Waals surface area contributed by atoms with Crippen molar-refractivity contribution in [3.8, 4) is 0 Å². The quantitative estimate of drug-likeness (QED) is 0.898. The van der Waals surface area contributed by atoms with Crippen molar-refractivity contribution in [3.63, 3.8) is 0 Å². The molecule has 0 aliphatic rings. The van der Waals surface area contributed by atoms with Crippen LogP contribution in [0, 0.1) is 20.8 Å². The van der Waals surface area contributed by atoms with E-state index in [9.17, 15) is 0 Å². The van der Waals surface area contributed by atoms with Crippen molar-refractivity contribution in [2.45, 2.75) is 47.1 Å². The molecule has 1 atom stereocenters. The lowest BCUT2D eigenvalue weighted by atomic mass is 10.2. The predicted octanol–water partition coefficient (Wildman–Crippen LogP) is 3.83. The first-order valence-corrected chi connectivity index (χ1v) is 6.85. The van der Waals surface area contributed by atoms with Crippen LogP contribution in [0.2, 0.25) is 0 Å². The fraction of sp³-hybridized carbons (Fsp3) is 0.538. The molecule has 0 radical (unpaired) electrons. The summed E-state index contributed by atoms with van der Waals surface area (Å²) in [6, 6.07) is 0.437. The molecule has 2 heterocycles. The second-order valence-electron chi connectivity index (χ2n) is 4.54. The van der Waals surface area contributed by atoms with Crippen LogP contribution in [-0.4, -0.2) is 16.0 Å². The van der Waals surface area contributed by atoms with Crippen molar-refractivity contribution < 1.29 is 0 Å². The summed E-state index contributed by atoms with van der Waals surface area (Å²) in [7, 11) is 0. The van der Waals surface area contributed by atoms with E-state index in [0.29, 0.717) is 6.04 Å². The Bertz CT molecular complexity index is 545. The second-order valence-corrected chi connectivity index (χ2v) is 5.74. The van der Waals surface area contributed by atoms with Gasteiger partial charge in [-0.1, -0.05) is 6.92 Å². The molecule has 0 saturated heterocycles. The molecule has 92 valence electrons. The van der Waals surface area contributed by atoms with E-state index < -0.39 is 0 Å². The number of aromatic nitrogens is 2. The minimum Gasteiger partial charge on any atom is -0.367 e. The number of fused-ring (bicyclic) bond motifs is 1. The summed E-state index contributed by atoms with van der Waals surface area (Å²) in [6.07, 6.45) is 1.09. The molecule has 0 amide bonds. The normalized spacial score (nSPS) is 13.0. The molecule has 0 aromatic carbocycles. The topological polar surface area (TPSA) is 37.8 Å². The molecule has 0 spiro atoms. The van der Waals surface area contributed by atoms with E-state index in [1.807, 2.05) is 6.92 Å². The number of thiophene rings is 1. The van der Waals surface area contributed by atoms with Gasteiger partial charge in [-0.05, 0) is 39.7 Å². The van der Waals surface area contributed by atoms with Gasteiger partial charge in [0.2, 0.25) is 0 Å². The number of hydrogen-bond acceptors (Lipinski definition) is 4. The molecule has 2 aromatic rings.